The van der Waals surface area contributed by atoms with Gasteiger partial charge < -0.3 is 5.32 Å². The molecule has 1 aromatic carbocycles. The second-order valence-corrected chi connectivity index (χ2v) is 4.87. The number of nitrogens with one attached hydrogen (secondary N) is 1. The highest BCUT2D eigenvalue weighted by Crippen LogP contribution is 2.10. The summed E-state index contributed by atoms with van der Waals surface area (Å²) in [7, 11) is 0. The maximum absolute atomic E-state index is 13.0. The highest BCUT2D eigenvalue weighted by atomic mass is 19.1. The molecule has 0 atom stereocenters. The molecule has 1 heterocycles. The first kappa shape index (κ1) is 13.7. The van der Waals surface area contributed by atoms with Crippen LogP contribution in [-0.4, -0.2) is 11.5 Å². The fourth-order valence-electron chi connectivity index (χ4n) is 2.11. The monoisotopic (exact) mass is 258 g/mol. The van der Waals surface area contributed by atoms with E-state index in [9.17, 15) is 4.39 Å². The minimum Gasteiger partial charge on any atom is -0.312 e. The smallest absolute Gasteiger partial charge is 0.123 e. The summed E-state index contributed by atoms with van der Waals surface area (Å²) in [4.78, 5) is 4.16. The van der Waals surface area contributed by atoms with Gasteiger partial charge in [-0.2, -0.15) is 0 Å². The summed E-state index contributed by atoms with van der Waals surface area (Å²) in [6, 6.07) is 7.09. The van der Waals surface area contributed by atoms with Crippen molar-refractivity contribution in [3.05, 3.63) is 64.7 Å². The number of benzene rings is 1. The quantitative estimate of drug-likeness (QED) is 0.833. The van der Waals surface area contributed by atoms with Crippen LogP contribution in [0.2, 0.25) is 0 Å². The number of aromatic nitrogens is 1. The van der Waals surface area contributed by atoms with Gasteiger partial charge >= 0.3 is 0 Å². The number of hydrogen-bond donors (Lipinski definition) is 1. The second kappa shape index (κ2) is 6.43. The van der Waals surface area contributed by atoms with Crippen molar-refractivity contribution in [2.24, 2.45) is 0 Å². The Bertz CT molecular complexity index is 552. The van der Waals surface area contributed by atoms with Gasteiger partial charge in [-0.05, 0) is 61.2 Å². The molecule has 2 aromatic rings. The number of halogens is 1. The molecular formula is C16H19FN2. The van der Waals surface area contributed by atoms with Gasteiger partial charge in [-0.3, -0.25) is 4.98 Å². The summed E-state index contributed by atoms with van der Waals surface area (Å²) in [6.45, 7) is 5.68. The summed E-state index contributed by atoms with van der Waals surface area (Å²) in [5, 5.41) is 3.39. The highest BCUT2D eigenvalue weighted by Gasteiger charge is 2.00. The lowest BCUT2D eigenvalue weighted by Gasteiger charge is -2.08. The molecule has 0 saturated heterocycles. The Morgan fingerprint density at radius 3 is 2.74 bits per heavy atom. The van der Waals surface area contributed by atoms with Crippen LogP contribution in [0.3, 0.4) is 0 Å². The van der Waals surface area contributed by atoms with Crippen molar-refractivity contribution in [3.8, 4) is 0 Å². The van der Waals surface area contributed by atoms with Crippen LogP contribution in [0.1, 0.15) is 22.3 Å². The standard InChI is InChI=1S/C16H19FN2/c1-12-7-14(11-19-9-12)10-18-6-5-15-3-4-16(17)8-13(15)2/h3-4,7-9,11,18H,5-6,10H2,1-2H3. The van der Waals surface area contributed by atoms with E-state index < -0.39 is 0 Å². The Morgan fingerprint density at radius 1 is 1.16 bits per heavy atom. The zero-order valence-corrected chi connectivity index (χ0v) is 11.4. The van der Waals surface area contributed by atoms with Crippen molar-refractivity contribution in [1.82, 2.24) is 10.3 Å². The number of rotatable bonds is 5. The Labute approximate surface area is 113 Å². The zero-order valence-electron chi connectivity index (χ0n) is 11.4. The van der Waals surface area contributed by atoms with E-state index in [4.69, 9.17) is 0 Å². The summed E-state index contributed by atoms with van der Waals surface area (Å²) in [6.07, 6.45) is 4.64. The first-order valence-corrected chi connectivity index (χ1v) is 6.51. The van der Waals surface area contributed by atoms with Crippen LogP contribution in [0.25, 0.3) is 0 Å². The number of hydrogen-bond acceptors (Lipinski definition) is 2. The fourth-order valence-corrected chi connectivity index (χ4v) is 2.11. The first-order chi connectivity index (χ1) is 9.15. The summed E-state index contributed by atoms with van der Waals surface area (Å²) >= 11 is 0. The van der Waals surface area contributed by atoms with Gasteiger partial charge in [0, 0.05) is 18.9 Å². The van der Waals surface area contributed by atoms with Gasteiger partial charge in [-0.1, -0.05) is 12.1 Å². The van der Waals surface area contributed by atoms with Crippen molar-refractivity contribution < 1.29 is 4.39 Å². The lowest BCUT2D eigenvalue weighted by atomic mass is 10.1. The van der Waals surface area contributed by atoms with Crippen LogP contribution in [0, 0.1) is 19.7 Å². The maximum atomic E-state index is 13.0. The third kappa shape index (κ3) is 4.14. The molecule has 0 bridgehead atoms. The van der Waals surface area contributed by atoms with Gasteiger partial charge in [-0.15, -0.1) is 0 Å². The van der Waals surface area contributed by atoms with Crippen LogP contribution in [0.5, 0.6) is 0 Å². The SMILES string of the molecule is Cc1cncc(CNCCc2ccc(F)cc2C)c1. The Morgan fingerprint density at radius 2 is 2.00 bits per heavy atom. The second-order valence-electron chi connectivity index (χ2n) is 4.87. The van der Waals surface area contributed by atoms with Gasteiger partial charge in [0.1, 0.15) is 5.82 Å². The Hall–Kier alpha value is -1.74. The molecule has 19 heavy (non-hydrogen) atoms. The third-order valence-corrected chi connectivity index (χ3v) is 3.14. The predicted octanol–water partition coefficient (Wildman–Crippen LogP) is 3.17. The van der Waals surface area contributed by atoms with Gasteiger partial charge in [0.15, 0.2) is 0 Å². The average molecular weight is 258 g/mol. The lowest BCUT2D eigenvalue weighted by molar-refractivity contribution is 0.624. The predicted molar refractivity (Wildman–Crippen MR) is 75.5 cm³/mol. The van der Waals surface area contributed by atoms with E-state index in [1.54, 1.807) is 6.07 Å². The van der Waals surface area contributed by atoms with E-state index in [0.29, 0.717) is 0 Å². The van der Waals surface area contributed by atoms with Crippen LogP contribution in [-0.2, 0) is 13.0 Å². The molecule has 0 aliphatic rings. The maximum Gasteiger partial charge on any atom is 0.123 e. The lowest BCUT2D eigenvalue weighted by Crippen LogP contribution is -2.17. The van der Waals surface area contributed by atoms with E-state index in [1.807, 2.05) is 32.3 Å². The molecule has 1 aromatic heterocycles. The molecule has 1 N–H and O–H groups in total. The third-order valence-electron chi connectivity index (χ3n) is 3.14. The first-order valence-electron chi connectivity index (χ1n) is 6.51. The fraction of sp³-hybridized carbons (Fsp3) is 0.312. The number of aryl methyl sites for hydroxylation is 2. The Kier molecular flexibility index (Phi) is 4.63. The van der Waals surface area contributed by atoms with E-state index in [1.165, 1.54) is 22.8 Å². The van der Waals surface area contributed by atoms with Crippen LogP contribution in [0.4, 0.5) is 4.39 Å². The van der Waals surface area contributed by atoms with Crippen LogP contribution >= 0.6 is 0 Å². The number of pyridine rings is 1. The van der Waals surface area contributed by atoms with Gasteiger partial charge in [-0.25, -0.2) is 4.39 Å². The molecular weight excluding hydrogens is 239 g/mol. The minimum absolute atomic E-state index is 0.167. The highest BCUT2D eigenvalue weighted by molar-refractivity contribution is 5.26. The molecule has 2 rings (SSSR count). The van der Waals surface area contributed by atoms with E-state index >= 15 is 0 Å². The summed E-state index contributed by atoms with van der Waals surface area (Å²) < 4.78 is 13.0. The molecule has 3 heteroatoms. The topological polar surface area (TPSA) is 24.9 Å². The molecule has 100 valence electrons. The van der Waals surface area contributed by atoms with E-state index in [-0.39, 0.29) is 5.82 Å². The van der Waals surface area contributed by atoms with Gasteiger partial charge in [0.05, 0.1) is 0 Å². The summed E-state index contributed by atoms with van der Waals surface area (Å²) in [5.74, 6) is -0.167. The van der Waals surface area contributed by atoms with Crippen LogP contribution in [0.15, 0.2) is 36.7 Å². The van der Waals surface area contributed by atoms with E-state index in [2.05, 4.69) is 16.4 Å². The van der Waals surface area contributed by atoms with Crippen molar-refractivity contribution in [3.63, 3.8) is 0 Å². The van der Waals surface area contributed by atoms with E-state index in [0.717, 1.165) is 25.1 Å². The molecule has 2 nitrogen and oxygen atoms in total. The average Bonchev–Trinajstić information content (AvgIpc) is 2.37. The Balaban J connectivity index is 1.81. The van der Waals surface area contributed by atoms with Gasteiger partial charge in [0.2, 0.25) is 0 Å². The van der Waals surface area contributed by atoms with Crippen molar-refractivity contribution >= 4 is 0 Å². The molecule has 0 spiro atoms. The largest absolute Gasteiger partial charge is 0.312 e. The molecule has 0 saturated carbocycles. The minimum atomic E-state index is -0.167. The van der Waals surface area contributed by atoms with Crippen LogP contribution < -0.4 is 5.32 Å². The van der Waals surface area contributed by atoms with Gasteiger partial charge in [0.25, 0.3) is 0 Å². The number of nitrogens with zero attached hydrogens (tertiary/aromatic N) is 1. The van der Waals surface area contributed by atoms with Crippen molar-refractivity contribution in [1.29, 1.82) is 0 Å². The molecule has 0 fully saturated rings. The van der Waals surface area contributed by atoms with Crippen molar-refractivity contribution in [2.75, 3.05) is 6.54 Å². The molecule has 0 aliphatic carbocycles. The molecule has 0 amide bonds. The normalized spacial score (nSPS) is 10.7. The molecule has 0 radical (unpaired) electrons. The van der Waals surface area contributed by atoms with Crippen molar-refractivity contribution in [2.45, 2.75) is 26.8 Å². The summed E-state index contributed by atoms with van der Waals surface area (Å²) in [5.41, 5.74) is 4.57. The molecule has 0 unspecified atom stereocenters. The molecule has 0 aliphatic heterocycles. The zero-order chi connectivity index (χ0) is 13.7.